The topological polar surface area (TPSA) is 63.6 Å². The van der Waals surface area contributed by atoms with Gasteiger partial charge in [-0.1, -0.05) is 39.8 Å². The molecule has 196 valence electrons. The minimum Gasteiger partial charge on any atom is -0.469 e. The molecule has 4 heteroatoms. The van der Waals surface area contributed by atoms with Crippen molar-refractivity contribution in [3.63, 3.8) is 0 Å². The van der Waals surface area contributed by atoms with E-state index in [0.717, 1.165) is 57.8 Å². The van der Waals surface area contributed by atoms with Crippen molar-refractivity contribution in [3.8, 4) is 0 Å². The number of fused-ring (bicyclic) bond motifs is 7. The molecule has 2 unspecified atom stereocenters. The molecule has 10 atom stereocenters. The number of hydrogen-bond acceptors (Lipinski definition) is 4. The summed E-state index contributed by atoms with van der Waals surface area (Å²) in [6.07, 6.45) is 10.00. The molecule has 1 N–H and O–H groups in total. The van der Waals surface area contributed by atoms with Crippen LogP contribution in [-0.2, 0) is 14.3 Å². The van der Waals surface area contributed by atoms with Crippen molar-refractivity contribution in [2.24, 2.45) is 56.7 Å². The van der Waals surface area contributed by atoms with Crippen LogP contribution in [-0.4, -0.2) is 30.6 Å². The molecule has 0 aromatic heterocycles. The summed E-state index contributed by atoms with van der Waals surface area (Å²) >= 11 is 0. The Morgan fingerprint density at radius 1 is 0.971 bits per heavy atom. The van der Waals surface area contributed by atoms with Gasteiger partial charge in [-0.15, -0.1) is 0 Å². The van der Waals surface area contributed by atoms with Gasteiger partial charge in [0.15, 0.2) is 0 Å². The number of hydrogen-bond donors (Lipinski definition) is 1. The highest BCUT2D eigenvalue weighted by Gasteiger charge is 2.72. The molecule has 5 saturated carbocycles. The molecule has 0 saturated heterocycles. The van der Waals surface area contributed by atoms with Gasteiger partial charge >= 0.3 is 5.97 Å². The molecule has 0 aliphatic heterocycles. The molecule has 5 aliphatic carbocycles. The van der Waals surface area contributed by atoms with Crippen LogP contribution in [0.5, 0.6) is 0 Å². The van der Waals surface area contributed by atoms with Crippen molar-refractivity contribution in [3.05, 3.63) is 12.2 Å². The van der Waals surface area contributed by atoms with Gasteiger partial charge in [0.25, 0.3) is 0 Å². The van der Waals surface area contributed by atoms with Crippen molar-refractivity contribution < 1.29 is 19.4 Å². The molecule has 0 spiro atoms. The molecule has 0 aromatic carbocycles. The van der Waals surface area contributed by atoms with E-state index in [2.05, 4.69) is 34.3 Å². The van der Waals surface area contributed by atoms with E-state index in [0.29, 0.717) is 30.1 Å². The lowest BCUT2D eigenvalue weighted by molar-refractivity contribution is -0.238. The Labute approximate surface area is 212 Å². The molecule has 5 rings (SSSR count). The Morgan fingerprint density at radius 3 is 2.31 bits per heavy atom. The van der Waals surface area contributed by atoms with Crippen LogP contribution in [0.25, 0.3) is 0 Å². The third-order valence-electron chi connectivity index (χ3n) is 13.6. The first-order chi connectivity index (χ1) is 16.4. The minimum atomic E-state index is -0.602. The molecule has 35 heavy (non-hydrogen) atoms. The smallest absolute Gasteiger partial charge is 0.312 e. The number of methoxy groups -OCH3 is 1. The van der Waals surface area contributed by atoms with Crippen LogP contribution < -0.4 is 0 Å². The first-order valence-corrected chi connectivity index (χ1v) is 14.2. The predicted molar refractivity (Wildman–Crippen MR) is 137 cm³/mol. The number of rotatable bonds is 3. The van der Waals surface area contributed by atoms with Gasteiger partial charge in [-0.2, -0.15) is 0 Å². The lowest BCUT2D eigenvalue weighted by Crippen LogP contribution is -2.67. The third-order valence-corrected chi connectivity index (χ3v) is 13.6. The molecule has 5 aliphatic rings. The molecule has 0 heterocycles. The van der Waals surface area contributed by atoms with Crippen LogP contribution in [0.3, 0.4) is 0 Å². The van der Waals surface area contributed by atoms with Crippen LogP contribution in [0.4, 0.5) is 0 Å². The maximum absolute atomic E-state index is 13.3. The first-order valence-electron chi connectivity index (χ1n) is 14.2. The highest BCUT2D eigenvalue weighted by atomic mass is 16.5. The minimum absolute atomic E-state index is 0.0146. The van der Waals surface area contributed by atoms with Gasteiger partial charge in [0.05, 0.1) is 24.5 Å². The van der Waals surface area contributed by atoms with Crippen molar-refractivity contribution >= 4 is 11.8 Å². The van der Waals surface area contributed by atoms with Gasteiger partial charge in [0.1, 0.15) is 5.78 Å². The normalized spacial score (nSPS) is 53.1. The maximum atomic E-state index is 13.3. The summed E-state index contributed by atoms with van der Waals surface area (Å²) in [5.41, 5.74) is 0.683. The molecule has 0 radical (unpaired) electrons. The van der Waals surface area contributed by atoms with E-state index in [1.54, 1.807) is 7.11 Å². The summed E-state index contributed by atoms with van der Waals surface area (Å²) in [4.78, 5) is 26.4. The Balaban J connectivity index is 1.57. The largest absolute Gasteiger partial charge is 0.469 e. The number of carbonyl (C=O) groups excluding carboxylic acids is 2. The molecule has 0 amide bonds. The lowest BCUT2D eigenvalue weighted by Gasteiger charge is -2.72. The van der Waals surface area contributed by atoms with E-state index >= 15 is 0 Å². The maximum Gasteiger partial charge on any atom is 0.312 e. The van der Waals surface area contributed by atoms with Gasteiger partial charge in [0.2, 0.25) is 0 Å². The molecular weight excluding hydrogens is 436 g/mol. The standard InChI is InChI=1S/C31H48O4/c1-19(2)20-10-15-31(26(34)35-7)17-16-29(5)21(25(20)31)8-9-23-27(3)13-12-24(33)28(4,18-32)22(27)11-14-30(23,29)6/h20-23,25,32H,1,8-18H2,2-7H3/t20-,21?,22+,23+,25+,27-,28?,29+,30+,31-/m0/s1. The number of aliphatic hydroxyl groups is 1. The third kappa shape index (κ3) is 2.95. The fraction of sp³-hybridized carbons (Fsp3) is 0.871. The van der Waals surface area contributed by atoms with Crippen molar-refractivity contribution in [1.82, 2.24) is 0 Å². The van der Waals surface area contributed by atoms with Crippen molar-refractivity contribution in [2.45, 2.75) is 98.8 Å². The average molecular weight is 485 g/mol. The summed E-state index contributed by atoms with van der Waals surface area (Å²) in [5.74, 6) is 2.30. The number of Topliss-reactive ketones (excluding diaryl/α,β-unsaturated/α-hetero) is 1. The second-order valence-electron chi connectivity index (χ2n) is 14.3. The summed E-state index contributed by atoms with van der Waals surface area (Å²) in [6, 6.07) is 0. The number of aliphatic hydroxyl groups excluding tert-OH is 1. The van der Waals surface area contributed by atoms with E-state index in [-0.39, 0.29) is 45.9 Å². The van der Waals surface area contributed by atoms with Crippen molar-refractivity contribution in [1.29, 1.82) is 0 Å². The number of ether oxygens (including phenoxy) is 1. The molecule has 5 fully saturated rings. The first kappa shape index (κ1) is 25.5. The number of esters is 1. The van der Waals surface area contributed by atoms with E-state index in [9.17, 15) is 14.7 Å². The van der Waals surface area contributed by atoms with Crippen LogP contribution in [0, 0.1) is 56.7 Å². The fourth-order valence-corrected chi connectivity index (χ4v) is 11.5. The predicted octanol–water partition coefficient (Wildman–Crippen LogP) is 6.36. The van der Waals surface area contributed by atoms with Crippen LogP contribution in [0.2, 0.25) is 0 Å². The van der Waals surface area contributed by atoms with Gasteiger partial charge < -0.3 is 9.84 Å². The van der Waals surface area contributed by atoms with E-state index in [1.165, 1.54) is 5.57 Å². The highest BCUT2D eigenvalue weighted by Crippen LogP contribution is 2.77. The van der Waals surface area contributed by atoms with Gasteiger partial charge in [-0.05, 0) is 111 Å². The quantitative estimate of drug-likeness (QED) is 0.374. The second kappa shape index (κ2) is 7.92. The zero-order valence-corrected chi connectivity index (χ0v) is 23.0. The molecule has 0 bridgehead atoms. The van der Waals surface area contributed by atoms with Gasteiger partial charge in [-0.25, -0.2) is 0 Å². The SMILES string of the molecule is C=C(C)[C@@H]1CC[C@]2(C(=O)OC)CC[C@]3(C)C(CC[C@@H]4[C@@]5(C)CCC(=O)C(C)(CO)[C@@H]5CC[C@]43C)[C@@H]12. The summed E-state index contributed by atoms with van der Waals surface area (Å²) < 4.78 is 5.47. The van der Waals surface area contributed by atoms with Crippen molar-refractivity contribution in [2.75, 3.05) is 13.7 Å². The lowest BCUT2D eigenvalue weighted by atomic mass is 9.32. The summed E-state index contributed by atoms with van der Waals surface area (Å²) in [6.45, 7) is 16.1. The fourth-order valence-electron chi connectivity index (χ4n) is 11.5. The van der Waals surface area contributed by atoms with Crippen LogP contribution in [0.1, 0.15) is 98.8 Å². The zero-order chi connectivity index (χ0) is 25.6. The highest BCUT2D eigenvalue weighted by molar-refractivity contribution is 5.86. The Hall–Kier alpha value is -1.16. The summed E-state index contributed by atoms with van der Waals surface area (Å²) in [7, 11) is 1.57. The molecule has 0 aromatic rings. The van der Waals surface area contributed by atoms with E-state index < -0.39 is 5.41 Å². The Bertz CT molecular complexity index is 940. The van der Waals surface area contributed by atoms with Crippen LogP contribution in [0.15, 0.2) is 12.2 Å². The Kier molecular flexibility index (Phi) is 5.77. The van der Waals surface area contributed by atoms with Crippen LogP contribution >= 0.6 is 0 Å². The zero-order valence-electron chi connectivity index (χ0n) is 23.0. The van der Waals surface area contributed by atoms with Gasteiger partial charge in [0, 0.05) is 6.42 Å². The number of carbonyl (C=O) groups is 2. The molecule has 4 nitrogen and oxygen atoms in total. The number of ketones is 1. The number of allylic oxidation sites excluding steroid dienone is 1. The van der Waals surface area contributed by atoms with E-state index in [1.807, 2.05) is 6.92 Å². The average Bonchev–Trinajstić information content (AvgIpc) is 3.23. The summed E-state index contributed by atoms with van der Waals surface area (Å²) in [5, 5.41) is 10.4. The molecular formula is C31H48O4. The Morgan fingerprint density at radius 2 is 1.69 bits per heavy atom. The van der Waals surface area contributed by atoms with E-state index in [4.69, 9.17) is 4.74 Å². The monoisotopic (exact) mass is 484 g/mol. The second-order valence-corrected chi connectivity index (χ2v) is 14.3. The van der Waals surface area contributed by atoms with Gasteiger partial charge in [-0.3, -0.25) is 9.59 Å².